The largest absolute Gasteiger partial charge is 0.478 e. The van der Waals surface area contributed by atoms with Gasteiger partial charge in [0, 0.05) is 41.1 Å². The van der Waals surface area contributed by atoms with E-state index in [9.17, 15) is 0 Å². The van der Waals surface area contributed by atoms with Crippen LogP contribution in [-0.2, 0) is 19.4 Å². The zero-order valence-electron chi connectivity index (χ0n) is 16.2. The molecule has 4 heterocycles. The molecule has 7 heteroatoms. The highest BCUT2D eigenvalue weighted by atomic mass is 32.1. The van der Waals surface area contributed by atoms with Gasteiger partial charge in [0.1, 0.15) is 10.6 Å². The molecule has 5 rings (SSSR count). The summed E-state index contributed by atoms with van der Waals surface area (Å²) in [5, 5.41) is 4.71. The average Bonchev–Trinajstić information content (AvgIpc) is 3.35. The third-order valence-electron chi connectivity index (χ3n) is 5.06. The third-order valence-corrected chi connectivity index (χ3v) is 6.25. The third kappa shape index (κ3) is 3.42. The van der Waals surface area contributed by atoms with E-state index >= 15 is 0 Å². The first kappa shape index (κ1) is 18.0. The van der Waals surface area contributed by atoms with Gasteiger partial charge in [-0.15, -0.1) is 11.3 Å². The maximum Gasteiger partial charge on any atom is 0.218 e. The number of rotatable bonds is 6. The Bertz CT molecular complexity index is 1160. The van der Waals surface area contributed by atoms with E-state index in [1.54, 1.807) is 29.9 Å². The van der Waals surface area contributed by atoms with Crippen molar-refractivity contribution in [2.45, 2.75) is 32.7 Å². The molecule has 146 valence electrons. The van der Waals surface area contributed by atoms with Gasteiger partial charge in [-0.25, -0.2) is 15.0 Å². The summed E-state index contributed by atoms with van der Waals surface area (Å²) >= 11 is 1.79. The van der Waals surface area contributed by atoms with Crippen LogP contribution in [0.4, 0.5) is 5.82 Å². The number of aromatic nitrogens is 4. The van der Waals surface area contributed by atoms with Crippen molar-refractivity contribution < 1.29 is 4.74 Å². The van der Waals surface area contributed by atoms with Crippen LogP contribution in [0.25, 0.3) is 21.6 Å². The SMILES string of the molecule is CCOc1ncccc1CNc1nc(-c2cccnc2)nc2sc3c(c12)CCC3. The van der Waals surface area contributed by atoms with Gasteiger partial charge >= 0.3 is 0 Å². The second kappa shape index (κ2) is 7.75. The van der Waals surface area contributed by atoms with Gasteiger partial charge in [-0.3, -0.25) is 4.98 Å². The summed E-state index contributed by atoms with van der Waals surface area (Å²) in [6, 6.07) is 7.86. The van der Waals surface area contributed by atoms with Crippen LogP contribution < -0.4 is 10.1 Å². The molecule has 0 spiro atoms. The minimum atomic E-state index is 0.588. The van der Waals surface area contributed by atoms with Crippen molar-refractivity contribution in [3.8, 4) is 17.3 Å². The Balaban J connectivity index is 1.56. The molecule has 0 saturated heterocycles. The predicted octanol–water partition coefficient (Wildman–Crippen LogP) is 4.65. The maximum atomic E-state index is 5.67. The lowest BCUT2D eigenvalue weighted by Gasteiger charge is -2.12. The summed E-state index contributed by atoms with van der Waals surface area (Å²) in [4.78, 5) is 20.8. The quantitative estimate of drug-likeness (QED) is 0.505. The van der Waals surface area contributed by atoms with E-state index in [-0.39, 0.29) is 0 Å². The first-order valence-electron chi connectivity index (χ1n) is 9.86. The highest BCUT2D eigenvalue weighted by molar-refractivity contribution is 7.19. The van der Waals surface area contributed by atoms with E-state index in [4.69, 9.17) is 14.7 Å². The second-order valence-corrected chi connectivity index (χ2v) is 8.01. The Morgan fingerprint density at radius 2 is 2.07 bits per heavy atom. The number of fused-ring (bicyclic) bond motifs is 3. The summed E-state index contributed by atoms with van der Waals surface area (Å²) in [5.74, 6) is 2.24. The molecule has 0 aromatic carbocycles. The number of anilines is 1. The first-order valence-corrected chi connectivity index (χ1v) is 10.7. The van der Waals surface area contributed by atoms with E-state index in [1.165, 1.54) is 16.9 Å². The summed E-state index contributed by atoms with van der Waals surface area (Å²) in [6.45, 7) is 3.14. The van der Waals surface area contributed by atoms with Gasteiger partial charge in [0.15, 0.2) is 5.82 Å². The number of aryl methyl sites for hydroxylation is 2. The Kier molecular flexibility index (Phi) is 4.81. The molecule has 0 atom stereocenters. The van der Waals surface area contributed by atoms with Gasteiger partial charge in [0.05, 0.1) is 12.0 Å². The summed E-state index contributed by atoms with van der Waals surface area (Å²) < 4.78 is 5.67. The van der Waals surface area contributed by atoms with Crippen molar-refractivity contribution in [2.75, 3.05) is 11.9 Å². The molecule has 0 saturated carbocycles. The van der Waals surface area contributed by atoms with Gasteiger partial charge in [0.25, 0.3) is 0 Å². The number of pyridine rings is 2. The van der Waals surface area contributed by atoms with Crippen LogP contribution in [-0.4, -0.2) is 26.5 Å². The molecule has 0 aliphatic heterocycles. The molecule has 0 unspecified atom stereocenters. The fourth-order valence-electron chi connectivity index (χ4n) is 3.75. The normalized spacial score (nSPS) is 12.9. The second-order valence-electron chi connectivity index (χ2n) is 6.93. The Hall–Kier alpha value is -3.06. The number of ether oxygens (including phenoxy) is 1. The molecule has 4 aromatic heterocycles. The van der Waals surface area contributed by atoms with Crippen molar-refractivity contribution in [1.29, 1.82) is 0 Å². The fourth-order valence-corrected chi connectivity index (χ4v) is 5.01. The van der Waals surface area contributed by atoms with Gasteiger partial charge in [0.2, 0.25) is 5.88 Å². The lowest BCUT2D eigenvalue weighted by molar-refractivity contribution is 0.323. The van der Waals surface area contributed by atoms with E-state index in [2.05, 4.69) is 15.3 Å². The molecule has 0 fully saturated rings. The van der Waals surface area contributed by atoms with E-state index in [0.29, 0.717) is 24.9 Å². The molecule has 1 aliphatic carbocycles. The molecule has 1 aliphatic rings. The van der Waals surface area contributed by atoms with Crippen LogP contribution in [0.1, 0.15) is 29.3 Å². The van der Waals surface area contributed by atoms with Crippen LogP contribution in [0.5, 0.6) is 5.88 Å². The van der Waals surface area contributed by atoms with Crippen molar-refractivity contribution in [1.82, 2.24) is 19.9 Å². The first-order chi connectivity index (χ1) is 14.3. The Labute approximate surface area is 173 Å². The van der Waals surface area contributed by atoms with Crippen molar-refractivity contribution in [3.05, 3.63) is 58.9 Å². The lowest BCUT2D eigenvalue weighted by atomic mass is 10.1. The van der Waals surface area contributed by atoms with Crippen molar-refractivity contribution in [3.63, 3.8) is 0 Å². The highest BCUT2D eigenvalue weighted by Crippen LogP contribution is 2.40. The van der Waals surface area contributed by atoms with E-state index in [0.717, 1.165) is 40.0 Å². The van der Waals surface area contributed by atoms with Crippen LogP contribution in [0.15, 0.2) is 42.9 Å². The predicted molar refractivity (Wildman–Crippen MR) is 115 cm³/mol. The number of hydrogen-bond acceptors (Lipinski definition) is 7. The molecule has 0 bridgehead atoms. The zero-order chi connectivity index (χ0) is 19.6. The Morgan fingerprint density at radius 3 is 2.93 bits per heavy atom. The Morgan fingerprint density at radius 1 is 1.14 bits per heavy atom. The number of nitrogens with zero attached hydrogens (tertiary/aromatic N) is 4. The number of thiophene rings is 1. The van der Waals surface area contributed by atoms with Gasteiger partial charge in [-0.2, -0.15) is 0 Å². The maximum absolute atomic E-state index is 5.67. The smallest absolute Gasteiger partial charge is 0.218 e. The van der Waals surface area contributed by atoms with E-state index in [1.807, 2.05) is 31.2 Å². The number of hydrogen-bond donors (Lipinski definition) is 1. The topological polar surface area (TPSA) is 72.8 Å². The average molecular weight is 404 g/mol. The summed E-state index contributed by atoms with van der Waals surface area (Å²) in [6.07, 6.45) is 8.76. The van der Waals surface area contributed by atoms with Crippen LogP contribution in [0.3, 0.4) is 0 Å². The van der Waals surface area contributed by atoms with Gasteiger partial charge in [-0.05, 0) is 49.9 Å². The monoisotopic (exact) mass is 403 g/mol. The van der Waals surface area contributed by atoms with Crippen molar-refractivity contribution in [2.24, 2.45) is 0 Å². The summed E-state index contributed by atoms with van der Waals surface area (Å²) in [7, 11) is 0. The molecule has 6 nitrogen and oxygen atoms in total. The van der Waals surface area contributed by atoms with Crippen LogP contribution in [0, 0.1) is 0 Å². The molecule has 4 aromatic rings. The molecule has 29 heavy (non-hydrogen) atoms. The van der Waals surface area contributed by atoms with E-state index < -0.39 is 0 Å². The minimum Gasteiger partial charge on any atom is -0.478 e. The van der Waals surface area contributed by atoms with Crippen LogP contribution >= 0.6 is 11.3 Å². The van der Waals surface area contributed by atoms with Gasteiger partial charge in [-0.1, -0.05) is 6.07 Å². The fraction of sp³-hybridized carbons (Fsp3) is 0.273. The van der Waals surface area contributed by atoms with Crippen LogP contribution in [0.2, 0.25) is 0 Å². The van der Waals surface area contributed by atoms with Crippen molar-refractivity contribution >= 4 is 27.4 Å². The molecule has 1 N–H and O–H groups in total. The molecular formula is C22H21N5OS. The van der Waals surface area contributed by atoms with Gasteiger partial charge < -0.3 is 10.1 Å². The lowest BCUT2D eigenvalue weighted by Crippen LogP contribution is -2.07. The standard InChI is InChI=1S/C22H21N5OS/c1-2-28-21-15(7-5-11-24-21)13-25-20-18-16-8-3-9-17(16)29-22(18)27-19(26-20)14-6-4-10-23-12-14/h4-7,10-12H,2-3,8-9,13H2,1H3,(H,25,26,27). The summed E-state index contributed by atoms with van der Waals surface area (Å²) in [5.41, 5.74) is 3.33. The minimum absolute atomic E-state index is 0.588. The molecule has 0 radical (unpaired) electrons. The molecular weight excluding hydrogens is 382 g/mol. The number of nitrogens with one attached hydrogen (secondary N) is 1. The highest BCUT2D eigenvalue weighted by Gasteiger charge is 2.23. The zero-order valence-corrected chi connectivity index (χ0v) is 17.0. The molecule has 0 amide bonds.